The molecule has 6 aliphatic carbocycles. The Morgan fingerprint density at radius 3 is 2.07 bits per heavy atom. The summed E-state index contributed by atoms with van der Waals surface area (Å²) >= 11 is 0. The lowest BCUT2D eigenvalue weighted by Gasteiger charge is -1.94. The van der Waals surface area contributed by atoms with Crippen LogP contribution < -0.4 is 0 Å². The van der Waals surface area contributed by atoms with Crippen molar-refractivity contribution in [3.63, 3.8) is 0 Å². The van der Waals surface area contributed by atoms with Gasteiger partial charge in [-0.1, -0.05) is 6.92 Å². The molecule has 0 aromatic heterocycles. The largest absolute Gasteiger partial charge is 0.0619 e. The van der Waals surface area contributed by atoms with Crippen molar-refractivity contribution in [1.29, 1.82) is 0 Å². The van der Waals surface area contributed by atoms with E-state index in [1.165, 1.54) is 0 Å². The van der Waals surface area contributed by atoms with Gasteiger partial charge in [-0.25, -0.2) is 0 Å². The summed E-state index contributed by atoms with van der Waals surface area (Å²) in [6.45, 7) is 2.51. The summed E-state index contributed by atoms with van der Waals surface area (Å²) in [6, 6.07) is 0. The maximum absolute atomic E-state index is 2.51. The van der Waals surface area contributed by atoms with Crippen LogP contribution in [0.1, 0.15) is 51.9 Å². The minimum absolute atomic E-state index is 0.954. The molecule has 5 spiro atoms. The van der Waals surface area contributed by atoms with Gasteiger partial charge in [0.05, 0.1) is 0 Å². The van der Waals surface area contributed by atoms with Crippen molar-refractivity contribution >= 4 is 0 Å². The van der Waals surface area contributed by atoms with Gasteiger partial charge in [0.1, 0.15) is 0 Å². The third-order valence-electron chi connectivity index (χ3n) is 8.07. The highest BCUT2D eigenvalue weighted by atomic mass is 15.1. The van der Waals surface area contributed by atoms with Crippen molar-refractivity contribution in [1.82, 2.24) is 0 Å². The molecular formula is C14H18. The highest BCUT2D eigenvalue weighted by Gasteiger charge is 3.07. The second kappa shape index (κ2) is 1.17. The van der Waals surface area contributed by atoms with Gasteiger partial charge in [0, 0.05) is 0 Å². The Labute approximate surface area is 85.4 Å². The number of rotatable bonds is 0. The third-order valence-corrected chi connectivity index (χ3v) is 8.07. The molecule has 74 valence electrons. The topological polar surface area (TPSA) is 0 Å². The first-order valence-corrected chi connectivity index (χ1v) is 6.66. The molecule has 5 unspecified atom stereocenters. The van der Waals surface area contributed by atoms with Crippen molar-refractivity contribution < 1.29 is 0 Å². The lowest BCUT2D eigenvalue weighted by molar-refractivity contribution is 0.520. The molecule has 5 atom stereocenters. The minimum Gasteiger partial charge on any atom is -0.0619 e. The maximum atomic E-state index is 2.51. The van der Waals surface area contributed by atoms with Crippen LogP contribution in [0.4, 0.5) is 0 Å². The summed E-state index contributed by atoms with van der Waals surface area (Å²) in [5.74, 6) is 1.12. The third kappa shape index (κ3) is 0.333. The van der Waals surface area contributed by atoms with Crippen LogP contribution in [-0.4, -0.2) is 0 Å². The van der Waals surface area contributed by atoms with Crippen molar-refractivity contribution in [2.75, 3.05) is 0 Å². The summed E-state index contributed by atoms with van der Waals surface area (Å²) in [5, 5.41) is 0. The van der Waals surface area contributed by atoms with Gasteiger partial charge in [0.2, 0.25) is 0 Å². The number of hydrogen-bond donors (Lipinski definition) is 0. The Balaban J connectivity index is 1.44. The summed E-state index contributed by atoms with van der Waals surface area (Å²) < 4.78 is 0. The highest BCUT2D eigenvalue weighted by molar-refractivity contribution is 5.55. The molecule has 0 saturated heterocycles. The van der Waals surface area contributed by atoms with Crippen LogP contribution in [-0.2, 0) is 0 Å². The first-order chi connectivity index (χ1) is 6.66. The molecule has 6 aliphatic rings. The molecular weight excluding hydrogens is 168 g/mol. The number of hydrogen-bond acceptors (Lipinski definition) is 0. The van der Waals surface area contributed by atoms with E-state index in [2.05, 4.69) is 6.92 Å². The summed E-state index contributed by atoms with van der Waals surface area (Å²) in [5.41, 5.74) is 4.89. The van der Waals surface area contributed by atoms with Gasteiger partial charge in [-0.2, -0.15) is 0 Å². The van der Waals surface area contributed by atoms with Crippen molar-refractivity contribution in [2.24, 2.45) is 33.0 Å². The Bertz CT molecular complexity index is 420. The predicted molar refractivity (Wildman–Crippen MR) is 53.6 cm³/mol. The van der Waals surface area contributed by atoms with E-state index in [1.54, 1.807) is 44.9 Å². The monoisotopic (exact) mass is 186 g/mol. The Morgan fingerprint density at radius 2 is 1.57 bits per heavy atom. The van der Waals surface area contributed by atoms with Crippen LogP contribution in [0, 0.1) is 33.0 Å². The molecule has 14 heavy (non-hydrogen) atoms. The Kier molecular flexibility index (Phi) is 0.548. The van der Waals surface area contributed by atoms with E-state index < -0.39 is 0 Å². The minimum atomic E-state index is 0.954. The standard InChI is InChI=1S/C14H18/c1-9-4-11(9)6-13(11)8-14(13)7-12(14)5-10(12)2-3-10/h9H,2-8H2,1H3. The van der Waals surface area contributed by atoms with Crippen LogP contribution in [0.25, 0.3) is 0 Å². The van der Waals surface area contributed by atoms with E-state index in [0.717, 1.165) is 33.0 Å². The zero-order valence-corrected chi connectivity index (χ0v) is 9.03. The summed E-state index contributed by atoms with van der Waals surface area (Å²) in [7, 11) is 0. The van der Waals surface area contributed by atoms with Crippen LogP contribution in [0.15, 0.2) is 0 Å². The number of fused-ring (bicyclic) bond motifs is 4. The SMILES string of the molecule is CC1CC12CC21CC12CC21CC12CC2. The van der Waals surface area contributed by atoms with Crippen LogP contribution in [0.3, 0.4) is 0 Å². The van der Waals surface area contributed by atoms with E-state index >= 15 is 0 Å². The van der Waals surface area contributed by atoms with Gasteiger partial charge in [-0.3, -0.25) is 0 Å². The van der Waals surface area contributed by atoms with Gasteiger partial charge in [-0.05, 0) is 77.9 Å². The highest BCUT2D eigenvalue weighted by Crippen LogP contribution is 3.14. The molecule has 0 aromatic rings. The molecule has 6 fully saturated rings. The molecule has 0 heteroatoms. The van der Waals surface area contributed by atoms with Gasteiger partial charge in [0.25, 0.3) is 0 Å². The first-order valence-electron chi connectivity index (χ1n) is 6.66. The normalized spacial score (nSPS) is 81.6. The van der Waals surface area contributed by atoms with Crippen molar-refractivity contribution in [2.45, 2.75) is 51.9 Å². The van der Waals surface area contributed by atoms with E-state index in [9.17, 15) is 0 Å². The maximum Gasteiger partial charge on any atom is -0.0162 e. The van der Waals surface area contributed by atoms with E-state index in [4.69, 9.17) is 0 Å². The fourth-order valence-electron chi connectivity index (χ4n) is 6.85. The van der Waals surface area contributed by atoms with Crippen molar-refractivity contribution in [3.8, 4) is 0 Å². The summed E-state index contributed by atoms with van der Waals surface area (Å²) in [4.78, 5) is 0. The van der Waals surface area contributed by atoms with Crippen LogP contribution in [0.2, 0.25) is 0 Å². The second-order valence-corrected chi connectivity index (χ2v) is 8.00. The summed E-state index contributed by atoms with van der Waals surface area (Å²) in [6.07, 6.45) is 11.6. The quantitative estimate of drug-likeness (QED) is 0.544. The van der Waals surface area contributed by atoms with E-state index in [-0.39, 0.29) is 0 Å². The molecule has 0 N–H and O–H groups in total. The van der Waals surface area contributed by atoms with Gasteiger partial charge >= 0.3 is 0 Å². The zero-order valence-electron chi connectivity index (χ0n) is 9.03. The molecule has 0 bridgehead atoms. The van der Waals surface area contributed by atoms with Crippen LogP contribution >= 0.6 is 0 Å². The Hall–Kier alpha value is 0. The van der Waals surface area contributed by atoms with Gasteiger partial charge in [-0.15, -0.1) is 0 Å². The van der Waals surface area contributed by atoms with Crippen LogP contribution in [0.5, 0.6) is 0 Å². The van der Waals surface area contributed by atoms with Gasteiger partial charge < -0.3 is 0 Å². The first kappa shape index (κ1) is 6.55. The molecule has 6 rings (SSSR count). The lowest BCUT2D eigenvalue weighted by Crippen LogP contribution is -1.91. The fraction of sp³-hybridized carbons (Fsp3) is 1.00. The molecule has 0 heterocycles. The lowest BCUT2D eigenvalue weighted by atomic mass is 10.1. The van der Waals surface area contributed by atoms with E-state index in [1.807, 2.05) is 0 Å². The molecule has 0 nitrogen and oxygen atoms in total. The molecule has 0 aromatic carbocycles. The molecule has 0 aliphatic heterocycles. The van der Waals surface area contributed by atoms with E-state index in [0.29, 0.717) is 0 Å². The fourth-order valence-corrected chi connectivity index (χ4v) is 6.85. The Morgan fingerprint density at radius 1 is 0.857 bits per heavy atom. The molecule has 0 radical (unpaired) electrons. The smallest absolute Gasteiger partial charge is 0.0162 e. The molecule has 6 saturated carbocycles. The average molecular weight is 186 g/mol. The predicted octanol–water partition coefficient (Wildman–Crippen LogP) is 3.37. The average Bonchev–Trinajstić information content (AvgIpc) is 2.95. The molecule has 0 amide bonds. The van der Waals surface area contributed by atoms with Crippen molar-refractivity contribution in [3.05, 3.63) is 0 Å². The zero-order chi connectivity index (χ0) is 9.03. The second-order valence-electron chi connectivity index (χ2n) is 8.00. The van der Waals surface area contributed by atoms with Gasteiger partial charge in [0.15, 0.2) is 0 Å².